The van der Waals surface area contributed by atoms with Gasteiger partial charge in [0.1, 0.15) is 0 Å². The van der Waals surface area contributed by atoms with Crippen LogP contribution in [0.25, 0.3) is 0 Å². The number of nitrogens with one attached hydrogen (secondary N) is 2. The minimum Gasteiger partial charge on any atom is -0.369 e. The van der Waals surface area contributed by atoms with E-state index in [-0.39, 0.29) is 29.9 Å². The Bertz CT molecular complexity index is 355. The summed E-state index contributed by atoms with van der Waals surface area (Å²) in [6.45, 7) is 3.97. The zero-order chi connectivity index (χ0) is 12.4. The summed E-state index contributed by atoms with van der Waals surface area (Å²) in [5, 5.41) is 3.32. The molecule has 2 heterocycles. The molecule has 5 nitrogen and oxygen atoms in total. The molecule has 2 aliphatic heterocycles. The molecule has 0 aliphatic carbocycles. The molecule has 2 fully saturated rings. The fourth-order valence-electron chi connectivity index (χ4n) is 2.62. The highest BCUT2D eigenvalue weighted by Crippen LogP contribution is 2.33. The van der Waals surface area contributed by atoms with Gasteiger partial charge in [0.15, 0.2) is 0 Å². The molecule has 2 rings (SSSR count). The lowest BCUT2D eigenvalue weighted by Gasteiger charge is -2.38. The predicted molar refractivity (Wildman–Crippen MR) is 73.7 cm³/mol. The average molecular weight is 299 g/mol. The molecule has 1 spiro atoms. The molecule has 0 bridgehead atoms. The van der Waals surface area contributed by atoms with Crippen molar-refractivity contribution in [3.63, 3.8) is 0 Å². The van der Waals surface area contributed by atoms with Gasteiger partial charge in [0.05, 0.1) is 17.5 Å². The molecule has 0 saturated carbocycles. The summed E-state index contributed by atoms with van der Waals surface area (Å²) >= 11 is 0. The van der Waals surface area contributed by atoms with Crippen LogP contribution in [0.3, 0.4) is 0 Å². The zero-order valence-electron chi connectivity index (χ0n) is 10.8. The van der Waals surface area contributed by atoms with Crippen LogP contribution in [0.15, 0.2) is 0 Å². The molecule has 0 aromatic rings. The van der Waals surface area contributed by atoms with E-state index >= 15 is 0 Å². The van der Waals surface area contributed by atoms with Gasteiger partial charge in [-0.25, -0.2) is 13.1 Å². The zero-order valence-corrected chi connectivity index (χ0v) is 12.4. The summed E-state index contributed by atoms with van der Waals surface area (Å²) in [5.74, 6) is 0.131. The molecule has 7 heteroatoms. The van der Waals surface area contributed by atoms with Gasteiger partial charge >= 0.3 is 0 Å². The molecule has 0 aromatic heterocycles. The number of hydrogen-bond donors (Lipinski definition) is 2. The Morgan fingerprint density at radius 1 is 1.44 bits per heavy atom. The highest BCUT2D eigenvalue weighted by Gasteiger charge is 2.39. The summed E-state index contributed by atoms with van der Waals surface area (Å²) in [5.41, 5.74) is -0.0272. The SMILES string of the molecule is CCS(=O)(=O)NC[C@@H]1CCC[C@]2(CCNC2)O1.Cl. The van der Waals surface area contributed by atoms with Crippen molar-refractivity contribution in [1.82, 2.24) is 10.0 Å². The molecule has 0 aromatic carbocycles. The number of sulfonamides is 1. The van der Waals surface area contributed by atoms with Gasteiger partial charge in [0.2, 0.25) is 10.0 Å². The third-order valence-corrected chi connectivity index (χ3v) is 5.06. The first-order chi connectivity index (χ1) is 8.05. The summed E-state index contributed by atoms with van der Waals surface area (Å²) in [7, 11) is -3.10. The predicted octanol–water partition coefficient (Wildman–Crippen LogP) is 0.649. The van der Waals surface area contributed by atoms with Gasteiger partial charge in [0.25, 0.3) is 0 Å². The van der Waals surface area contributed by atoms with Gasteiger partial charge in [0, 0.05) is 13.1 Å². The smallest absolute Gasteiger partial charge is 0.211 e. The maximum atomic E-state index is 11.4. The Kier molecular flexibility index (Phi) is 5.86. The second kappa shape index (κ2) is 6.52. The van der Waals surface area contributed by atoms with E-state index in [9.17, 15) is 8.42 Å². The van der Waals surface area contributed by atoms with Crippen LogP contribution in [-0.2, 0) is 14.8 Å². The first-order valence-corrected chi connectivity index (χ1v) is 8.06. The van der Waals surface area contributed by atoms with Crippen molar-refractivity contribution in [1.29, 1.82) is 0 Å². The van der Waals surface area contributed by atoms with Crippen molar-refractivity contribution in [2.75, 3.05) is 25.4 Å². The van der Waals surface area contributed by atoms with E-state index < -0.39 is 10.0 Å². The van der Waals surface area contributed by atoms with Crippen LogP contribution < -0.4 is 10.0 Å². The maximum absolute atomic E-state index is 11.4. The van der Waals surface area contributed by atoms with Crippen LogP contribution in [0.1, 0.15) is 32.6 Å². The lowest BCUT2D eigenvalue weighted by atomic mass is 9.91. The monoisotopic (exact) mass is 298 g/mol. The Balaban J connectivity index is 0.00000162. The number of hydrogen-bond acceptors (Lipinski definition) is 4. The van der Waals surface area contributed by atoms with E-state index in [1.54, 1.807) is 6.92 Å². The topological polar surface area (TPSA) is 67.4 Å². The second-order valence-corrected chi connectivity index (χ2v) is 7.09. The Hall–Kier alpha value is 0.120. The largest absolute Gasteiger partial charge is 0.369 e. The number of ether oxygens (including phenoxy) is 1. The Labute approximate surface area is 116 Å². The third kappa shape index (κ3) is 4.06. The first-order valence-electron chi connectivity index (χ1n) is 6.41. The summed E-state index contributed by atoms with van der Waals surface area (Å²) in [4.78, 5) is 0. The molecule has 0 radical (unpaired) electrons. The Morgan fingerprint density at radius 3 is 2.83 bits per heavy atom. The summed E-state index contributed by atoms with van der Waals surface area (Å²) in [6, 6.07) is 0. The van der Waals surface area contributed by atoms with Gasteiger partial charge in [-0.15, -0.1) is 12.4 Å². The quantitative estimate of drug-likeness (QED) is 0.800. The lowest BCUT2D eigenvalue weighted by Crippen LogP contribution is -2.46. The fourth-order valence-corrected chi connectivity index (χ4v) is 3.27. The van der Waals surface area contributed by atoms with Crippen molar-refractivity contribution in [2.45, 2.75) is 44.3 Å². The van der Waals surface area contributed by atoms with E-state index in [4.69, 9.17) is 4.74 Å². The molecule has 18 heavy (non-hydrogen) atoms. The molecule has 2 atom stereocenters. The van der Waals surface area contributed by atoms with Crippen LogP contribution in [0.5, 0.6) is 0 Å². The molecule has 2 N–H and O–H groups in total. The highest BCUT2D eigenvalue weighted by atomic mass is 35.5. The molecular formula is C11H23ClN2O3S. The fraction of sp³-hybridized carbons (Fsp3) is 1.00. The van der Waals surface area contributed by atoms with E-state index in [1.807, 2.05) is 0 Å². The summed E-state index contributed by atoms with van der Waals surface area (Å²) in [6.07, 6.45) is 4.25. The second-order valence-electron chi connectivity index (χ2n) is 4.99. The van der Waals surface area contributed by atoms with E-state index in [1.165, 1.54) is 0 Å². The van der Waals surface area contributed by atoms with Gasteiger partial charge in [-0.1, -0.05) is 0 Å². The van der Waals surface area contributed by atoms with Crippen LogP contribution >= 0.6 is 12.4 Å². The number of halogens is 1. The minimum absolute atomic E-state index is 0. The van der Waals surface area contributed by atoms with Crippen molar-refractivity contribution in [2.24, 2.45) is 0 Å². The van der Waals surface area contributed by atoms with Crippen molar-refractivity contribution >= 4 is 22.4 Å². The highest BCUT2D eigenvalue weighted by molar-refractivity contribution is 7.89. The molecule has 2 saturated heterocycles. The number of rotatable bonds is 4. The van der Waals surface area contributed by atoms with Crippen molar-refractivity contribution in [3.8, 4) is 0 Å². The molecule has 108 valence electrons. The van der Waals surface area contributed by atoms with Crippen LogP contribution in [0, 0.1) is 0 Å². The average Bonchev–Trinajstić information content (AvgIpc) is 2.75. The summed E-state index contributed by atoms with van der Waals surface area (Å²) < 4.78 is 31.4. The van der Waals surface area contributed by atoms with Gasteiger partial charge in [-0.3, -0.25) is 0 Å². The lowest BCUT2D eigenvalue weighted by molar-refractivity contribution is -0.113. The van der Waals surface area contributed by atoms with E-state index in [0.717, 1.165) is 38.8 Å². The van der Waals surface area contributed by atoms with Crippen LogP contribution in [0.2, 0.25) is 0 Å². The minimum atomic E-state index is -3.10. The van der Waals surface area contributed by atoms with Crippen molar-refractivity contribution < 1.29 is 13.2 Å². The van der Waals surface area contributed by atoms with Crippen LogP contribution in [-0.4, -0.2) is 45.5 Å². The van der Waals surface area contributed by atoms with Gasteiger partial charge in [-0.2, -0.15) is 0 Å². The van der Waals surface area contributed by atoms with Crippen LogP contribution in [0.4, 0.5) is 0 Å². The first kappa shape index (κ1) is 16.2. The molecule has 2 aliphatic rings. The normalized spacial score (nSPS) is 32.4. The van der Waals surface area contributed by atoms with Gasteiger partial charge < -0.3 is 10.1 Å². The third-order valence-electron chi connectivity index (χ3n) is 3.69. The molecular weight excluding hydrogens is 276 g/mol. The molecule has 0 amide bonds. The van der Waals surface area contributed by atoms with E-state index in [2.05, 4.69) is 10.0 Å². The van der Waals surface area contributed by atoms with Crippen molar-refractivity contribution in [3.05, 3.63) is 0 Å². The Morgan fingerprint density at radius 2 is 2.22 bits per heavy atom. The standard InChI is InChI=1S/C11H22N2O3S.ClH/c1-2-17(14,15)13-8-10-4-3-5-11(16-10)6-7-12-9-11;/h10,12-13H,2-9H2,1H3;1H/t10-,11+;/m0./s1. The van der Waals surface area contributed by atoms with E-state index in [0.29, 0.717) is 6.54 Å². The van der Waals surface area contributed by atoms with Gasteiger partial charge in [-0.05, 0) is 39.2 Å². The molecule has 0 unspecified atom stereocenters. The maximum Gasteiger partial charge on any atom is 0.211 e.